The minimum Gasteiger partial charge on any atom is -0.426 e. The number of halogens is 3. The van der Waals surface area contributed by atoms with Gasteiger partial charge in [0, 0.05) is 18.1 Å². The van der Waals surface area contributed by atoms with E-state index in [1.165, 1.54) is 6.08 Å². The minimum atomic E-state index is -1.52. The summed E-state index contributed by atoms with van der Waals surface area (Å²) in [5.74, 6) is -3.86. The van der Waals surface area contributed by atoms with Crippen LogP contribution in [0.25, 0.3) is 5.76 Å². The first kappa shape index (κ1) is 13.1. The lowest BCUT2D eigenvalue weighted by Gasteiger charge is -2.20. The molecule has 0 aliphatic carbocycles. The van der Waals surface area contributed by atoms with E-state index in [2.05, 4.69) is 6.58 Å². The Bertz CT molecular complexity index is 598. The first-order valence-corrected chi connectivity index (χ1v) is 5.23. The van der Waals surface area contributed by atoms with Gasteiger partial charge in [0.05, 0.1) is 10.5 Å². The van der Waals surface area contributed by atoms with Gasteiger partial charge in [0.2, 0.25) is 0 Å². The maximum absolute atomic E-state index is 13.5. The van der Waals surface area contributed by atoms with Gasteiger partial charge in [-0.1, -0.05) is 6.58 Å². The normalized spacial score (nSPS) is 18.8. The van der Waals surface area contributed by atoms with E-state index in [0.717, 1.165) is 0 Å². The van der Waals surface area contributed by atoms with Crippen molar-refractivity contribution in [2.75, 3.05) is 0 Å². The highest BCUT2D eigenvalue weighted by Crippen LogP contribution is 2.30. The van der Waals surface area contributed by atoms with Crippen LogP contribution >= 0.6 is 0 Å². The zero-order valence-corrected chi connectivity index (χ0v) is 9.53. The molecule has 1 aromatic rings. The first-order chi connectivity index (χ1) is 8.90. The van der Waals surface area contributed by atoms with Crippen LogP contribution in [0.15, 0.2) is 30.4 Å². The van der Waals surface area contributed by atoms with Gasteiger partial charge in [0.1, 0.15) is 11.6 Å². The van der Waals surface area contributed by atoms with Crippen LogP contribution in [0.4, 0.5) is 13.2 Å². The number of nitrogens with zero attached hydrogens (tertiary/aromatic N) is 1. The highest BCUT2D eigenvalue weighted by atomic mass is 19.2. The second-order valence-electron chi connectivity index (χ2n) is 3.93. The molecule has 4 nitrogen and oxygen atoms in total. The van der Waals surface area contributed by atoms with E-state index in [4.69, 9.17) is 4.74 Å². The van der Waals surface area contributed by atoms with Crippen molar-refractivity contribution in [3.8, 4) is 0 Å². The number of nitro groups is 1. The number of allylic oxidation sites excluding steroid dienone is 1. The largest absolute Gasteiger partial charge is 0.426 e. The summed E-state index contributed by atoms with van der Waals surface area (Å²) in [6.07, 6.45) is -0.0927. The Hall–Kier alpha value is -2.31. The summed E-state index contributed by atoms with van der Waals surface area (Å²) in [5.41, 5.74) is -0.171. The van der Waals surface area contributed by atoms with Crippen LogP contribution in [-0.4, -0.2) is 11.2 Å². The fraction of sp³-hybridized carbons (Fsp3) is 0.167. The highest BCUT2D eigenvalue weighted by molar-refractivity contribution is 5.62. The fourth-order valence-corrected chi connectivity index (χ4v) is 1.65. The first-order valence-electron chi connectivity index (χ1n) is 5.23. The third-order valence-electron chi connectivity index (χ3n) is 2.60. The topological polar surface area (TPSA) is 52.4 Å². The number of hydrogen-bond acceptors (Lipinski definition) is 3. The van der Waals surface area contributed by atoms with Crippen molar-refractivity contribution in [2.45, 2.75) is 12.6 Å². The molecule has 0 amide bonds. The lowest BCUT2D eigenvalue weighted by atomic mass is 10.1. The molecule has 1 aliphatic heterocycles. The fourth-order valence-electron chi connectivity index (χ4n) is 1.65. The molecule has 1 aromatic carbocycles. The maximum Gasteiger partial charge on any atom is 0.376 e. The van der Waals surface area contributed by atoms with Crippen LogP contribution in [0.2, 0.25) is 0 Å². The molecule has 0 N–H and O–H groups in total. The predicted octanol–water partition coefficient (Wildman–Crippen LogP) is 3.02. The van der Waals surface area contributed by atoms with Crippen LogP contribution < -0.4 is 0 Å². The van der Waals surface area contributed by atoms with Crippen molar-refractivity contribution in [3.63, 3.8) is 0 Å². The molecule has 100 valence electrons. The summed E-state index contributed by atoms with van der Waals surface area (Å²) in [5, 5.41) is 10.7. The Morgan fingerprint density at radius 3 is 2.53 bits per heavy atom. The molecule has 0 saturated heterocycles. The van der Waals surface area contributed by atoms with Gasteiger partial charge in [0.15, 0.2) is 11.6 Å². The van der Waals surface area contributed by atoms with E-state index in [0.29, 0.717) is 12.1 Å². The molecule has 1 aliphatic rings. The van der Waals surface area contributed by atoms with E-state index in [9.17, 15) is 23.3 Å². The van der Waals surface area contributed by atoms with Gasteiger partial charge in [-0.15, -0.1) is 0 Å². The quantitative estimate of drug-likeness (QED) is 0.359. The van der Waals surface area contributed by atoms with E-state index < -0.39 is 28.6 Å². The molecular weight excluding hydrogens is 263 g/mol. The van der Waals surface area contributed by atoms with Crippen LogP contribution in [0, 0.1) is 27.6 Å². The van der Waals surface area contributed by atoms with Crippen LogP contribution in [0.1, 0.15) is 12.0 Å². The summed E-state index contributed by atoms with van der Waals surface area (Å²) in [6, 6.07) is 0.959. The van der Waals surface area contributed by atoms with Crippen molar-refractivity contribution in [3.05, 3.63) is 63.5 Å². The van der Waals surface area contributed by atoms with Gasteiger partial charge in [0.25, 0.3) is 0 Å². The molecule has 0 radical (unpaired) electrons. The van der Waals surface area contributed by atoms with E-state index >= 15 is 0 Å². The molecule has 0 spiro atoms. The third kappa shape index (κ3) is 2.44. The van der Waals surface area contributed by atoms with Gasteiger partial charge in [-0.2, -0.15) is 0 Å². The SMILES string of the molecule is C=C1CC=C(c2cc(F)c(F)cc2F)O[C@@H]1[N+](=O)[O-]. The van der Waals surface area contributed by atoms with E-state index in [-0.39, 0.29) is 23.3 Å². The number of benzene rings is 1. The maximum atomic E-state index is 13.5. The molecule has 0 fully saturated rings. The van der Waals surface area contributed by atoms with Crippen molar-refractivity contribution in [1.29, 1.82) is 0 Å². The Labute approximate surface area is 105 Å². The van der Waals surface area contributed by atoms with Crippen LogP contribution in [0.3, 0.4) is 0 Å². The average molecular weight is 271 g/mol. The molecule has 1 heterocycles. The summed E-state index contributed by atoms with van der Waals surface area (Å²) in [7, 11) is 0. The highest BCUT2D eigenvalue weighted by Gasteiger charge is 2.31. The molecule has 0 saturated carbocycles. The predicted molar refractivity (Wildman–Crippen MR) is 59.9 cm³/mol. The molecule has 0 aromatic heterocycles. The molecule has 1 atom stereocenters. The standard InChI is InChI=1S/C12H8F3NO3/c1-6-2-3-11(19-12(6)16(17)18)7-4-9(14)10(15)5-8(7)13/h3-5,12H,1-2H2/t12-/m0/s1. The van der Waals surface area contributed by atoms with E-state index in [1.807, 2.05) is 0 Å². The summed E-state index contributed by atoms with van der Waals surface area (Å²) >= 11 is 0. The van der Waals surface area contributed by atoms with Crippen molar-refractivity contribution < 1.29 is 22.8 Å². The number of rotatable bonds is 2. The third-order valence-corrected chi connectivity index (χ3v) is 2.60. The zero-order valence-electron chi connectivity index (χ0n) is 9.53. The van der Waals surface area contributed by atoms with Gasteiger partial charge in [-0.05, 0) is 12.1 Å². The minimum absolute atomic E-state index is 0.0966. The van der Waals surface area contributed by atoms with Crippen molar-refractivity contribution in [1.82, 2.24) is 0 Å². The van der Waals surface area contributed by atoms with Crippen LogP contribution in [0.5, 0.6) is 0 Å². The molecular formula is C12H8F3NO3. The Morgan fingerprint density at radius 1 is 1.26 bits per heavy atom. The Morgan fingerprint density at radius 2 is 1.89 bits per heavy atom. The Balaban J connectivity index is 2.40. The summed E-state index contributed by atoms with van der Waals surface area (Å²) in [6.45, 7) is 3.46. The van der Waals surface area contributed by atoms with Crippen LogP contribution in [-0.2, 0) is 4.74 Å². The molecule has 0 unspecified atom stereocenters. The van der Waals surface area contributed by atoms with E-state index in [1.54, 1.807) is 0 Å². The Kier molecular flexibility index (Phi) is 3.28. The van der Waals surface area contributed by atoms with Crippen molar-refractivity contribution in [2.24, 2.45) is 0 Å². The second-order valence-corrected chi connectivity index (χ2v) is 3.93. The lowest BCUT2D eigenvalue weighted by Crippen LogP contribution is -2.27. The number of ether oxygens (including phenoxy) is 1. The molecule has 19 heavy (non-hydrogen) atoms. The van der Waals surface area contributed by atoms with Gasteiger partial charge >= 0.3 is 6.23 Å². The molecule has 7 heteroatoms. The second kappa shape index (κ2) is 4.75. The lowest BCUT2D eigenvalue weighted by molar-refractivity contribution is -0.556. The summed E-state index contributed by atoms with van der Waals surface area (Å²) < 4.78 is 44.3. The average Bonchev–Trinajstić information content (AvgIpc) is 2.34. The van der Waals surface area contributed by atoms with Gasteiger partial charge in [-0.3, -0.25) is 10.1 Å². The van der Waals surface area contributed by atoms with Gasteiger partial charge in [-0.25, -0.2) is 13.2 Å². The molecule has 2 rings (SSSR count). The zero-order chi connectivity index (χ0) is 14.2. The summed E-state index contributed by atoms with van der Waals surface area (Å²) in [4.78, 5) is 9.98. The smallest absolute Gasteiger partial charge is 0.376 e. The van der Waals surface area contributed by atoms with Crippen molar-refractivity contribution >= 4 is 5.76 Å². The monoisotopic (exact) mass is 271 g/mol. The van der Waals surface area contributed by atoms with Gasteiger partial charge < -0.3 is 4.74 Å². The number of hydrogen-bond donors (Lipinski definition) is 0. The molecule has 0 bridgehead atoms.